The highest BCUT2D eigenvalue weighted by Gasteiger charge is 2.19. The lowest BCUT2D eigenvalue weighted by Gasteiger charge is -2.13. The van der Waals surface area contributed by atoms with Gasteiger partial charge in [0.15, 0.2) is 0 Å². The molecule has 0 heterocycles. The first-order valence-electron chi connectivity index (χ1n) is 6.36. The first-order valence-corrected chi connectivity index (χ1v) is 8.22. The van der Waals surface area contributed by atoms with E-state index in [0.717, 1.165) is 0 Å². The number of aliphatic hydroxyl groups is 1. The van der Waals surface area contributed by atoms with Gasteiger partial charge in [-0.25, -0.2) is 13.1 Å². The van der Waals surface area contributed by atoms with Crippen LogP contribution in [-0.4, -0.2) is 20.1 Å². The normalized spacial score (nSPS) is 12.6. The molecule has 0 aliphatic heterocycles. The minimum Gasteiger partial charge on any atom is -0.387 e. The summed E-state index contributed by atoms with van der Waals surface area (Å²) >= 11 is 5.89. The lowest BCUT2D eigenvalue weighted by Crippen LogP contribution is -2.28. The van der Waals surface area contributed by atoms with Crippen LogP contribution in [0.15, 0.2) is 53.4 Å². The molecule has 0 aliphatic rings. The van der Waals surface area contributed by atoms with Crippen LogP contribution in [0.1, 0.15) is 17.2 Å². The van der Waals surface area contributed by atoms with Crippen molar-refractivity contribution in [3.05, 3.63) is 64.7 Å². The smallest absolute Gasteiger partial charge is 0.242 e. The molecule has 0 bridgehead atoms. The van der Waals surface area contributed by atoms with Crippen molar-refractivity contribution >= 4 is 21.6 Å². The largest absolute Gasteiger partial charge is 0.387 e. The zero-order valence-electron chi connectivity index (χ0n) is 11.4. The summed E-state index contributed by atoms with van der Waals surface area (Å²) in [7, 11) is -3.87. The van der Waals surface area contributed by atoms with Crippen molar-refractivity contribution in [1.29, 1.82) is 5.26 Å². The molecule has 0 fully saturated rings. The van der Waals surface area contributed by atoms with Crippen LogP contribution in [0.25, 0.3) is 0 Å². The third-order valence-electron chi connectivity index (χ3n) is 3.00. The van der Waals surface area contributed by atoms with E-state index in [1.807, 2.05) is 6.07 Å². The Morgan fingerprint density at radius 1 is 1.23 bits per heavy atom. The average Bonchev–Trinajstić information content (AvgIpc) is 2.53. The number of hydrogen-bond acceptors (Lipinski definition) is 4. The molecule has 0 aliphatic carbocycles. The summed E-state index contributed by atoms with van der Waals surface area (Å²) in [5.41, 5.74) is 0.879. The van der Waals surface area contributed by atoms with Crippen molar-refractivity contribution in [2.24, 2.45) is 0 Å². The highest BCUT2D eigenvalue weighted by Crippen LogP contribution is 2.22. The lowest BCUT2D eigenvalue weighted by molar-refractivity contribution is 0.182. The number of aliphatic hydroxyl groups excluding tert-OH is 1. The molecule has 2 aromatic carbocycles. The fraction of sp³-hybridized carbons (Fsp3) is 0.133. The molecule has 0 amide bonds. The van der Waals surface area contributed by atoms with Crippen LogP contribution in [-0.2, 0) is 10.0 Å². The van der Waals surface area contributed by atoms with Gasteiger partial charge in [0.25, 0.3) is 0 Å². The fourth-order valence-electron chi connectivity index (χ4n) is 1.85. The first-order chi connectivity index (χ1) is 10.4. The highest BCUT2D eigenvalue weighted by atomic mass is 35.5. The summed E-state index contributed by atoms with van der Waals surface area (Å²) in [6, 6.07) is 14.5. The van der Waals surface area contributed by atoms with Gasteiger partial charge < -0.3 is 5.11 Å². The molecule has 0 radical (unpaired) electrons. The number of halogens is 1. The van der Waals surface area contributed by atoms with Crippen LogP contribution in [0, 0.1) is 11.3 Å². The Labute approximate surface area is 133 Å². The Kier molecular flexibility index (Phi) is 5.16. The van der Waals surface area contributed by atoms with Crippen molar-refractivity contribution in [2.45, 2.75) is 11.0 Å². The Morgan fingerprint density at radius 2 is 1.91 bits per heavy atom. The molecule has 5 nitrogen and oxygen atoms in total. The van der Waals surface area contributed by atoms with E-state index in [0.29, 0.717) is 5.56 Å². The van der Waals surface area contributed by atoms with Gasteiger partial charge in [0, 0.05) is 6.54 Å². The summed E-state index contributed by atoms with van der Waals surface area (Å²) in [6.45, 7) is -0.178. The van der Waals surface area contributed by atoms with E-state index in [2.05, 4.69) is 4.72 Å². The molecular formula is C15H13ClN2O3S. The molecule has 2 N–H and O–H groups in total. The van der Waals surface area contributed by atoms with E-state index < -0.39 is 16.1 Å². The highest BCUT2D eigenvalue weighted by molar-refractivity contribution is 7.89. The van der Waals surface area contributed by atoms with Gasteiger partial charge in [-0.3, -0.25) is 0 Å². The van der Waals surface area contributed by atoms with Crippen molar-refractivity contribution in [2.75, 3.05) is 6.54 Å². The molecule has 114 valence electrons. The van der Waals surface area contributed by atoms with E-state index in [1.54, 1.807) is 30.3 Å². The zero-order valence-corrected chi connectivity index (χ0v) is 13.0. The SMILES string of the molecule is N#Cc1ccc(S(=O)(=O)NCC(O)c2ccccc2)c(Cl)c1. The third kappa shape index (κ3) is 3.84. The van der Waals surface area contributed by atoms with Gasteiger partial charge in [0.1, 0.15) is 4.90 Å². The number of rotatable bonds is 5. The maximum Gasteiger partial charge on any atom is 0.242 e. The van der Waals surface area contributed by atoms with Crippen molar-refractivity contribution < 1.29 is 13.5 Å². The maximum atomic E-state index is 12.2. The lowest BCUT2D eigenvalue weighted by atomic mass is 10.1. The molecular weight excluding hydrogens is 324 g/mol. The first kappa shape index (κ1) is 16.5. The van der Waals surface area contributed by atoms with Crippen LogP contribution >= 0.6 is 11.6 Å². The number of hydrogen-bond donors (Lipinski definition) is 2. The fourth-order valence-corrected chi connectivity index (χ4v) is 3.43. The minimum absolute atomic E-state index is 0.0410. The molecule has 7 heteroatoms. The predicted molar refractivity (Wildman–Crippen MR) is 82.8 cm³/mol. The molecule has 1 unspecified atom stereocenters. The topological polar surface area (TPSA) is 90.2 Å². The summed E-state index contributed by atoms with van der Waals surface area (Å²) in [4.78, 5) is -0.131. The van der Waals surface area contributed by atoms with Gasteiger partial charge >= 0.3 is 0 Å². The van der Waals surface area contributed by atoms with Crippen LogP contribution in [0.5, 0.6) is 0 Å². The maximum absolute atomic E-state index is 12.2. The Morgan fingerprint density at radius 3 is 2.50 bits per heavy atom. The third-order valence-corrected chi connectivity index (χ3v) is 4.91. The molecule has 0 saturated carbocycles. The monoisotopic (exact) mass is 336 g/mol. The molecule has 0 aromatic heterocycles. The van der Waals surface area contributed by atoms with E-state index in [1.165, 1.54) is 18.2 Å². The van der Waals surface area contributed by atoms with Crippen LogP contribution in [0.3, 0.4) is 0 Å². The van der Waals surface area contributed by atoms with E-state index in [-0.39, 0.29) is 22.0 Å². The number of nitriles is 1. The number of sulfonamides is 1. The van der Waals surface area contributed by atoms with Crippen molar-refractivity contribution in [3.8, 4) is 6.07 Å². The van der Waals surface area contributed by atoms with E-state index in [4.69, 9.17) is 16.9 Å². The molecule has 22 heavy (non-hydrogen) atoms. The van der Waals surface area contributed by atoms with Crippen molar-refractivity contribution in [3.63, 3.8) is 0 Å². The molecule has 0 spiro atoms. The second kappa shape index (κ2) is 6.90. The average molecular weight is 337 g/mol. The van der Waals surface area contributed by atoms with Gasteiger partial charge in [0.05, 0.1) is 22.8 Å². The Bertz CT molecular complexity index is 801. The Balaban J connectivity index is 2.14. The van der Waals surface area contributed by atoms with E-state index in [9.17, 15) is 13.5 Å². The predicted octanol–water partition coefficient (Wildman–Crippen LogP) is 2.22. The molecule has 1 atom stereocenters. The molecule has 2 rings (SSSR count). The standard InChI is InChI=1S/C15H13ClN2O3S/c16-13-8-11(9-17)6-7-15(13)22(20,21)18-10-14(19)12-4-2-1-3-5-12/h1-8,14,18-19H,10H2. The number of benzene rings is 2. The van der Waals surface area contributed by atoms with Gasteiger partial charge in [-0.2, -0.15) is 5.26 Å². The molecule has 2 aromatic rings. The van der Waals surface area contributed by atoms with Crippen LogP contribution in [0.4, 0.5) is 0 Å². The second-order valence-corrected chi connectivity index (χ2v) is 6.68. The minimum atomic E-state index is -3.87. The van der Waals surface area contributed by atoms with Crippen molar-refractivity contribution in [1.82, 2.24) is 4.72 Å². The summed E-state index contributed by atoms with van der Waals surface area (Å²) in [6.07, 6.45) is -0.965. The number of nitrogens with zero attached hydrogens (tertiary/aromatic N) is 1. The van der Waals surface area contributed by atoms with Gasteiger partial charge in [-0.1, -0.05) is 41.9 Å². The summed E-state index contributed by atoms with van der Waals surface area (Å²) in [5.74, 6) is 0. The number of nitrogens with one attached hydrogen (secondary N) is 1. The van der Waals surface area contributed by atoms with Crippen LogP contribution < -0.4 is 4.72 Å². The van der Waals surface area contributed by atoms with Crippen LogP contribution in [0.2, 0.25) is 5.02 Å². The van der Waals surface area contributed by atoms with E-state index >= 15 is 0 Å². The quantitative estimate of drug-likeness (QED) is 0.876. The summed E-state index contributed by atoms with van der Waals surface area (Å²) < 4.78 is 26.7. The molecule has 0 saturated heterocycles. The van der Waals surface area contributed by atoms with Gasteiger partial charge in [-0.15, -0.1) is 0 Å². The van der Waals surface area contributed by atoms with Gasteiger partial charge in [-0.05, 0) is 23.8 Å². The van der Waals surface area contributed by atoms with Gasteiger partial charge in [0.2, 0.25) is 10.0 Å². The zero-order chi connectivity index (χ0) is 16.2. The Hall–Kier alpha value is -1.91. The summed E-state index contributed by atoms with van der Waals surface area (Å²) in [5, 5.41) is 18.7. The second-order valence-electron chi connectivity index (χ2n) is 4.54.